The third-order valence-corrected chi connectivity index (χ3v) is 4.77. The third kappa shape index (κ3) is 3.33. The molecule has 1 aliphatic rings. The van der Waals surface area contributed by atoms with Crippen LogP contribution < -0.4 is 16.3 Å². The van der Waals surface area contributed by atoms with Gasteiger partial charge in [0.2, 0.25) is 5.88 Å². The number of nitrogens with one attached hydrogen (secondary N) is 1. The number of nitrogens with zero attached hydrogens (tertiary/aromatic N) is 3. The van der Waals surface area contributed by atoms with Crippen LogP contribution in [0, 0.1) is 0 Å². The highest BCUT2D eigenvalue weighted by molar-refractivity contribution is 6.33. The van der Waals surface area contributed by atoms with E-state index in [4.69, 9.17) is 11.6 Å². The lowest BCUT2D eigenvalue weighted by Crippen LogP contribution is -2.30. The number of aromatic amines is 1. The van der Waals surface area contributed by atoms with Gasteiger partial charge in [-0.3, -0.25) is 14.6 Å². The number of carbonyl (C=O) groups is 1. The van der Waals surface area contributed by atoms with Crippen LogP contribution in [0.4, 0.5) is 5.69 Å². The number of hydrogen-bond donors (Lipinski definition) is 2. The lowest BCUT2D eigenvalue weighted by atomic mass is 10.1. The van der Waals surface area contributed by atoms with E-state index in [1.165, 1.54) is 6.08 Å². The van der Waals surface area contributed by atoms with Gasteiger partial charge in [-0.25, -0.2) is 9.36 Å². The molecule has 4 rings (SSSR count). The van der Waals surface area contributed by atoms with E-state index in [0.717, 1.165) is 9.58 Å². The molecular weight excluding hydrogens is 408 g/mol. The topological polar surface area (TPSA) is 108 Å². The van der Waals surface area contributed by atoms with Gasteiger partial charge in [0.1, 0.15) is 5.56 Å². The molecule has 0 bridgehead atoms. The van der Waals surface area contributed by atoms with Gasteiger partial charge in [0.15, 0.2) is 0 Å². The maximum absolute atomic E-state index is 12.9. The van der Waals surface area contributed by atoms with Crippen molar-refractivity contribution in [1.29, 1.82) is 0 Å². The van der Waals surface area contributed by atoms with Crippen molar-refractivity contribution in [2.75, 3.05) is 5.01 Å². The number of halogens is 1. The van der Waals surface area contributed by atoms with E-state index >= 15 is 0 Å². The molecule has 3 aromatic rings. The number of aromatic hydroxyl groups is 1. The average molecular weight is 423 g/mol. The van der Waals surface area contributed by atoms with Crippen LogP contribution in [-0.2, 0) is 4.79 Å². The van der Waals surface area contributed by atoms with Crippen LogP contribution in [0.1, 0.15) is 12.5 Å². The number of amides is 1. The molecule has 1 aromatic heterocycles. The molecule has 0 saturated heterocycles. The van der Waals surface area contributed by atoms with Crippen molar-refractivity contribution in [3.8, 4) is 11.6 Å². The molecule has 0 aliphatic carbocycles. The zero-order valence-corrected chi connectivity index (χ0v) is 16.4. The first kappa shape index (κ1) is 19.4. The van der Waals surface area contributed by atoms with E-state index in [9.17, 15) is 19.5 Å². The molecule has 2 heterocycles. The minimum atomic E-state index is -0.820. The molecule has 8 nitrogen and oxygen atoms in total. The first-order chi connectivity index (χ1) is 14.4. The summed E-state index contributed by atoms with van der Waals surface area (Å²) < 4.78 is 0.953. The second-order valence-corrected chi connectivity index (χ2v) is 6.94. The van der Waals surface area contributed by atoms with Crippen LogP contribution in [0.25, 0.3) is 11.8 Å². The fourth-order valence-electron chi connectivity index (χ4n) is 3.10. The molecule has 2 N–H and O–H groups in total. The van der Waals surface area contributed by atoms with E-state index in [0.29, 0.717) is 22.1 Å². The molecule has 1 aliphatic heterocycles. The molecule has 0 fully saturated rings. The Morgan fingerprint density at radius 2 is 1.73 bits per heavy atom. The summed E-state index contributed by atoms with van der Waals surface area (Å²) in [4.78, 5) is 39.7. The van der Waals surface area contributed by atoms with E-state index in [1.807, 2.05) is 0 Å². The highest BCUT2D eigenvalue weighted by Crippen LogP contribution is 2.28. The fourth-order valence-corrected chi connectivity index (χ4v) is 3.28. The Morgan fingerprint density at radius 3 is 2.43 bits per heavy atom. The van der Waals surface area contributed by atoms with Gasteiger partial charge in [0.25, 0.3) is 11.5 Å². The Morgan fingerprint density at radius 1 is 1.03 bits per heavy atom. The number of hydrogen-bond acceptors (Lipinski definition) is 5. The van der Waals surface area contributed by atoms with E-state index < -0.39 is 23.0 Å². The second kappa shape index (κ2) is 7.49. The number of carbonyl (C=O) groups excluding carboxylic acids is 1. The molecule has 0 spiro atoms. The molecule has 0 unspecified atom stereocenters. The summed E-state index contributed by atoms with van der Waals surface area (Å²) in [6.45, 7) is 1.60. The smallest absolute Gasteiger partial charge is 0.335 e. The quantitative estimate of drug-likeness (QED) is 0.632. The van der Waals surface area contributed by atoms with Crippen LogP contribution in [0.5, 0.6) is 5.88 Å². The summed E-state index contributed by atoms with van der Waals surface area (Å²) in [5.41, 5.74) is -0.578. The number of anilines is 1. The first-order valence-corrected chi connectivity index (χ1v) is 9.25. The molecule has 0 atom stereocenters. The van der Waals surface area contributed by atoms with E-state index in [2.05, 4.69) is 10.1 Å². The number of aromatic nitrogens is 2. The molecule has 0 saturated carbocycles. The zero-order chi connectivity index (χ0) is 21.4. The maximum Gasteiger partial charge on any atom is 0.335 e. The Kier molecular flexibility index (Phi) is 4.85. The van der Waals surface area contributed by atoms with Gasteiger partial charge in [-0.2, -0.15) is 10.1 Å². The van der Waals surface area contributed by atoms with Gasteiger partial charge in [-0.15, -0.1) is 0 Å². The third-order valence-electron chi connectivity index (χ3n) is 4.54. The van der Waals surface area contributed by atoms with Gasteiger partial charge in [-0.1, -0.05) is 35.9 Å². The Hall–Kier alpha value is -3.91. The lowest BCUT2D eigenvalue weighted by molar-refractivity contribution is -0.114. The largest absolute Gasteiger partial charge is 0.494 e. The molecule has 9 heteroatoms. The van der Waals surface area contributed by atoms with Gasteiger partial charge in [0, 0.05) is 5.02 Å². The number of rotatable bonds is 3. The molecular formula is C21H15ClN4O4. The summed E-state index contributed by atoms with van der Waals surface area (Å²) >= 11 is 5.99. The van der Waals surface area contributed by atoms with Gasteiger partial charge < -0.3 is 5.11 Å². The monoisotopic (exact) mass is 422 g/mol. The first-order valence-electron chi connectivity index (χ1n) is 8.88. The van der Waals surface area contributed by atoms with E-state index in [1.54, 1.807) is 61.5 Å². The zero-order valence-electron chi connectivity index (χ0n) is 15.7. The minimum absolute atomic E-state index is 0.106. The summed E-state index contributed by atoms with van der Waals surface area (Å²) in [6, 6.07) is 14.9. The standard InChI is InChI=1S/C21H15ClN4O4/c1-12-16(20(29)26(24-12)15-9-5-6-13(22)10-15)11-17-18(27)23-21(30)25(19(17)28)14-7-3-2-4-8-14/h2-11,28H,1H3,(H,23,27,30)/b16-11+. The Labute approximate surface area is 175 Å². The van der Waals surface area contributed by atoms with Gasteiger partial charge in [-0.05, 0) is 43.3 Å². The highest BCUT2D eigenvalue weighted by Gasteiger charge is 2.30. The van der Waals surface area contributed by atoms with Crippen molar-refractivity contribution < 1.29 is 9.90 Å². The van der Waals surface area contributed by atoms with Crippen LogP contribution in [-0.4, -0.2) is 26.3 Å². The van der Waals surface area contributed by atoms with Crippen molar-refractivity contribution >= 4 is 35.0 Å². The number of hydrazone groups is 1. The van der Waals surface area contributed by atoms with Crippen molar-refractivity contribution in [2.45, 2.75) is 6.92 Å². The van der Waals surface area contributed by atoms with Gasteiger partial charge >= 0.3 is 5.69 Å². The minimum Gasteiger partial charge on any atom is -0.494 e. The summed E-state index contributed by atoms with van der Waals surface area (Å²) in [5, 5.41) is 16.5. The summed E-state index contributed by atoms with van der Waals surface area (Å²) in [6.07, 6.45) is 1.22. The Balaban J connectivity index is 1.83. The van der Waals surface area contributed by atoms with Gasteiger partial charge in [0.05, 0.1) is 22.7 Å². The van der Waals surface area contributed by atoms with E-state index in [-0.39, 0.29) is 11.1 Å². The number of benzene rings is 2. The predicted octanol–water partition coefficient (Wildman–Crippen LogP) is 2.69. The SMILES string of the molecule is CC1=NN(c2cccc(Cl)c2)C(=O)/C1=C/c1c(O)n(-c2ccccc2)c(=O)[nH]c1=O. The van der Waals surface area contributed by atoms with Crippen molar-refractivity contribution in [1.82, 2.24) is 9.55 Å². The van der Waals surface area contributed by atoms with Crippen LogP contribution in [0.3, 0.4) is 0 Å². The van der Waals surface area contributed by atoms with Crippen LogP contribution in [0.2, 0.25) is 5.02 Å². The van der Waals surface area contributed by atoms with Crippen LogP contribution in [0.15, 0.2) is 74.9 Å². The van der Waals surface area contributed by atoms with Crippen molar-refractivity contribution in [2.24, 2.45) is 5.10 Å². The highest BCUT2D eigenvalue weighted by atomic mass is 35.5. The molecule has 150 valence electrons. The second-order valence-electron chi connectivity index (χ2n) is 6.51. The Bertz CT molecular complexity index is 1340. The van der Waals surface area contributed by atoms with Crippen LogP contribution >= 0.6 is 11.6 Å². The number of H-pyrrole nitrogens is 1. The normalized spacial score (nSPS) is 15.0. The molecule has 1 amide bonds. The molecule has 0 radical (unpaired) electrons. The van der Waals surface area contributed by atoms with Crippen molar-refractivity contribution in [3.05, 3.63) is 91.6 Å². The maximum atomic E-state index is 12.9. The van der Waals surface area contributed by atoms with Crippen molar-refractivity contribution in [3.63, 3.8) is 0 Å². The average Bonchev–Trinajstić information content (AvgIpc) is 2.99. The lowest BCUT2D eigenvalue weighted by Gasteiger charge is -2.12. The molecule has 2 aromatic carbocycles. The fraction of sp³-hybridized carbons (Fsp3) is 0.0476. The summed E-state index contributed by atoms with van der Waals surface area (Å²) in [7, 11) is 0. The summed E-state index contributed by atoms with van der Waals surface area (Å²) in [5.74, 6) is -1.07. The number of para-hydroxylation sites is 1. The predicted molar refractivity (Wildman–Crippen MR) is 114 cm³/mol. The molecule has 30 heavy (non-hydrogen) atoms.